The first-order valence-electron chi connectivity index (χ1n) is 6.64. The number of nitro groups is 1. The molecule has 0 unspecified atom stereocenters. The van der Waals surface area contributed by atoms with Gasteiger partial charge in [0.25, 0.3) is 4.96 Å². The van der Waals surface area contributed by atoms with E-state index < -0.39 is 4.92 Å². The molecule has 120 valence electrons. The Morgan fingerprint density at radius 2 is 2.00 bits per heavy atom. The highest BCUT2D eigenvalue weighted by atomic mass is 32.1. The lowest BCUT2D eigenvalue weighted by molar-refractivity contribution is -0.389. The quantitative estimate of drug-likeness (QED) is 0.568. The van der Waals surface area contributed by atoms with Gasteiger partial charge in [-0.25, -0.2) is 0 Å². The smallest absolute Gasteiger partial charge is 0.373 e. The molecule has 9 heteroatoms. The summed E-state index contributed by atoms with van der Waals surface area (Å²) in [6, 6.07) is 3.52. The molecule has 0 aliphatic carbocycles. The number of aromatic nitrogens is 2. The molecule has 0 aliphatic rings. The van der Waals surface area contributed by atoms with Crippen LogP contribution in [0.1, 0.15) is 5.56 Å². The molecule has 8 nitrogen and oxygen atoms in total. The van der Waals surface area contributed by atoms with Crippen LogP contribution in [0.4, 0.5) is 17.3 Å². The van der Waals surface area contributed by atoms with Crippen molar-refractivity contribution in [3.05, 3.63) is 39.4 Å². The molecule has 0 fully saturated rings. The fraction of sp³-hybridized carbons (Fsp3) is 0.214. The zero-order valence-electron chi connectivity index (χ0n) is 12.7. The predicted octanol–water partition coefficient (Wildman–Crippen LogP) is 3.37. The van der Waals surface area contributed by atoms with Crippen molar-refractivity contribution in [2.45, 2.75) is 6.92 Å². The number of nitrogens with zero attached hydrogens (tertiary/aromatic N) is 3. The normalized spacial score (nSPS) is 10.7. The van der Waals surface area contributed by atoms with Crippen LogP contribution in [-0.2, 0) is 0 Å². The molecule has 0 radical (unpaired) electrons. The highest BCUT2D eigenvalue weighted by Crippen LogP contribution is 2.36. The number of aryl methyl sites for hydroxylation is 1. The third-order valence-electron chi connectivity index (χ3n) is 3.39. The average Bonchev–Trinajstić information content (AvgIpc) is 3.08. The second-order valence-corrected chi connectivity index (χ2v) is 5.62. The van der Waals surface area contributed by atoms with Gasteiger partial charge in [-0.15, -0.1) is 0 Å². The third-order valence-corrected chi connectivity index (χ3v) is 4.15. The Hall–Kier alpha value is -2.81. The van der Waals surface area contributed by atoms with E-state index >= 15 is 0 Å². The molecule has 0 bridgehead atoms. The first-order chi connectivity index (χ1) is 11.0. The summed E-state index contributed by atoms with van der Waals surface area (Å²) in [6.45, 7) is 1.87. The fourth-order valence-corrected chi connectivity index (χ4v) is 2.98. The van der Waals surface area contributed by atoms with Gasteiger partial charge in [0.05, 0.1) is 14.2 Å². The zero-order valence-corrected chi connectivity index (χ0v) is 13.5. The molecule has 0 atom stereocenters. The van der Waals surface area contributed by atoms with E-state index in [1.54, 1.807) is 30.8 Å². The zero-order chi connectivity index (χ0) is 16.6. The molecule has 2 aromatic heterocycles. The molecule has 1 N–H and O–H groups in total. The summed E-state index contributed by atoms with van der Waals surface area (Å²) >= 11 is 1.33. The Kier molecular flexibility index (Phi) is 3.78. The van der Waals surface area contributed by atoms with E-state index in [4.69, 9.17) is 9.47 Å². The summed E-state index contributed by atoms with van der Waals surface area (Å²) in [4.78, 5) is 15.7. The summed E-state index contributed by atoms with van der Waals surface area (Å²) in [7, 11) is 3.09. The van der Waals surface area contributed by atoms with Crippen molar-refractivity contribution >= 4 is 33.6 Å². The van der Waals surface area contributed by atoms with Crippen molar-refractivity contribution in [3.63, 3.8) is 0 Å². The lowest BCUT2D eigenvalue weighted by Gasteiger charge is -2.13. The second kappa shape index (κ2) is 5.76. The van der Waals surface area contributed by atoms with Gasteiger partial charge in [-0.3, -0.25) is 0 Å². The topological polar surface area (TPSA) is 90.9 Å². The summed E-state index contributed by atoms with van der Waals surface area (Å²) in [6.07, 6.45) is 1.62. The molecule has 0 spiro atoms. The number of benzene rings is 1. The molecule has 3 rings (SSSR count). The van der Waals surface area contributed by atoms with Crippen molar-refractivity contribution < 1.29 is 14.4 Å². The number of nitrogens with one attached hydrogen (secondary N) is 1. The maximum atomic E-state index is 11.4. The Labute approximate surface area is 135 Å². The largest absolute Gasteiger partial charge is 0.493 e. The van der Waals surface area contributed by atoms with Crippen molar-refractivity contribution in [1.82, 2.24) is 9.38 Å². The van der Waals surface area contributed by atoms with Gasteiger partial charge in [0, 0.05) is 17.1 Å². The van der Waals surface area contributed by atoms with Crippen LogP contribution in [0.3, 0.4) is 0 Å². The predicted molar refractivity (Wildman–Crippen MR) is 87.3 cm³/mol. The molecule has 23 heavy (non-hydrogen) atoms. The standard InChI is InChI=1S/C14H14N4O4S/c1-8-6-10(21-2)11(22-3)7-9(8)15-12-13(18(19)20)17-4-5-23-14(17)16-12/h4-7,15H,1-3H3. The third kappa shape index (κ3) is 2.55. The van der Waals surface area contributed by atoms with E-state index in [2.05, 4.69) is 10.3 Å². The highest BCUT2D eigenvalue weighted by Gasteiger charge is 2.24. The highest BCUT2D eigenvalue weighted by molar-refractivity contribution is 7.15. The van der Waals surface area contributed by atoms with Crippen LogP contribution in [0.5, 0.6) is 11.5 Å². The lowest BCUT2D eigenvalue weighted by Crippen LogP contribution is -2.00. The minimum Gasteiger partial charge on any atom is -0.493 e. The minimum atomic E-state index is -0.453. The van der Waals surface area contributed by atoms with Crippen molar-refractivity contribution in [2.24, 2.45) is 0 Å². The Morgan fingerprint density at radius 1 is 1.30 bits per heavy atom. The SMILES string of the molecule is COc1cc(C)c(Nc2nc3sccn3c2[N+](=O)[O-])cc1OC. The molecule has 0 aliphatic heterocycles. The van der Waals surface area contributed by atoms with Crippen LogP contribution in [0.2, 0.25) is 0 Å². The van der Waals surface area contributed by atoms with Crippen molar-refractivity contribution in [2.75, 3.05) is 19.5 Å². The summed E-state index contributed by atoms with van der Waals surface area (Å²) in [5.74, 6) is 1.22. The van der Waals surface area contributed by atoms with Crippen LogP contribution in [-0.4, -0.2) is 28.5 Å². The number of rotatable bonds is 5. The molecule has 1 aromatic carbocycles. The van der Waals surface area contributed by atoms with E-state index in [9.17, 15) is 10.1 Å². The van der Waals surface area contributed by atoms with Crippen LogP contribution < -0.4 is 14.8 Å². The number of hydrogen-bond acceptors (Lipinski definition) is 7. The Balaban J connectivity index is 2.07. The number of methoxy groups -OCH3 is 2. The Bertz CT molecular complexity index is 886. The lowest BCUT2D eigenvalue weighted by atomic mass is 10.1. The van der Waals surface area contributed by atoms with Gasteiger partial charge in [-0.2, -0.15) is 9.38 Å². The van der Waals surface area contributed by atoms with Crippen molar-refractivity contribution in [3.8, 4) is 11.5 Å². The second-order valence-electron chi connectivity index (χ2n) is 4.74. The number of anilines is 2. The van der Waals surface area contributed by atoms with Gasteiger partial charge in [0.2, 0.25) is 5.82 Å². The number of hydrogen-bond donors (Lipinski definition) is 1. The number of imidazole rings is 1. The first kappa shape index (κ1) is 15.1. The van der Waals surface area contributed by atoms with Gasteiger partial charge < -0.3 is 24.9 Å². The maximum absolute atomic E-state index is 11.4. The van der Waals surface area contributed by atoms with Crippen LogP contribution in [0.25, 0.3) is 4.96 Å². The number of fused-ring (bicyclic) bond motifs is 1. The van der Waals surface area contributed by atoms with Gasteiger partial charge in [0.15, 0.2) is 11.5 Å². The van der Waals surface area contributed by atoms with Gasteiger partial charge in [0.1, 0.15) is 6.20 Å². The summed E-state index contributed by atoms with van der Waals surface area (Å²) in [5.41, 5.74) is 1.52. The van der Waals surface area contributed by atoms with E-state index in [0.717, 1.165) is 5.56 Å². The monoisotopic (exact) mass is 334 g/mol. The molecule has 3 aromatic rings. The number of thiazole rings is 1. The van der Waals surface area contributed by atoms with E-state index in [-0.39, 0.29) is 11.6 Å². The first-order valence-corrected chi connectivity index (χ1v) is 7.52. The maximum Gasteiger partial charge on any atom is 0.373 e. The summed E-state index contributed by atoms with van der Waals surface area (Å²) < 4.78 is 12.0. The van der Waals surface area contributed by atoms with E-state index in [0.29, 0.717) is 22.1 Å². The fourth-order valence-electron chi connectivity index (χ4n) is 2.27. The van der Waals surface area contributed by atoms with Crippen molar-refractivity contribution in [1.29, 1.82) is 0 Å². The molecular weight excluding hydrogens is 320 g/mol. The van der Waals surface area contributed by atoms with Gasteiger partial charge in [-0.1, -0.05) is 11.3 Å². The molecular formula is C14H14N4O4S. The number of ether oxygens (including phenoxy) is 2. The van der Waals surface area contributed by atoms with Gasteiger partial charge >= 0.3 is 5.82 Å². The van der Waals surface area contributed by atoms with Crippen LogP contribution >= 0.6 is 11.3 Å². The van der Waals surface area contributed by atoms with Crippen LogP contribution in [0, 0.1) is 17.0 Å². The molecule has 0 amide bonds. The van der Waals surface area contributed by atoms with Gasteiger partial charge in [-0.05, 0) is 23.5 Å². The molecule has 2 heterocycles. The van der Waals surface area contributed by atoms with Crippen LogP contribution in [0.15, 0.2) is 23.7 Å². The average molecular weight is 334 g/mol. The van der Waals surface area contributed by atoms with E-state index in [1.165, 1.54) is 22.8 Å². The Morgan fingerprint density at radius 3 is 2.65 bits per heavy atom. The molecule has 0 saturated heterocycles. The minimum absolute atomic E-state index is 0.101. The van der Waals surface area contributed by atoms with E-state index in [1.807, 2.05) is 6.92 Å². The molecule has 0 saturated carbocycles. The summed E-state index contributed by atoms with van der Waals surface area (Å²) in [5, 5.41) is 16.1.